The first kappa shape index (κ1) is 27.9. The van der Waals surface area contributed by atoms with Crippen molar-refractivity contribution in [2.45, 2.75) is 45.2 Å². The highest BCUT2D eigenvalue weighted by molar-refractivity contribution is 7.92. The number of carbonyl (C=O) groups excluding carboxylic acids is 2. The molecule has 2 amide bonds. The largest absolute Gasteiger partial charge is 0.357 e. The summed E-state index contributed by atoms with van der Waals surface area (Å²) < 4.78 is 43.3. The molecule has 3 aromatic rings. The van der Waals surface area contributed by atoms with Crippen molar-refractivity contribution in [2.75, 3.05) is 17.9 Å². The van der Waals surface area contributed by atoms with Gasteiger partial charge in [-0.3, -0.25) is 13.9 Å². The van der Waals surface area contributed by atoms with Crippen LogP contribution in [0.4, 0.5) is 10.1 Å². The molecule has 9 heteroatoms. The number of benzene rings is 3. The van der Waals surface area contributed by atoms with Gasteiger partial charge >= 0.3 is 0 Å². The van der Waals surface area contributed by atoms with E-state index in [4.69, 9.17) is 0 Å². The molecule has 0 spiro atoms. The van der Waals surface area contributed by atoms with E-state index in [2.05, 4.69) is 5.32 Å². The van der Waals surface area contributed by atoms with Crippen LogP contribution >= 0.6 is 0 Å². The second kappa shape index (κ2) is 11.6. The van der Waals surface area contributed by atoms with Crippen molar-refractivity contribution < 1.29 is 22.4 Å². The molecule has 7 nitrogen and oxygen atoms in total. The fourth-order valence-corrected chi connectivity index (χ4v) is 5.43. The van der Waals surface area contributed by atoms with E-state index in [0.29, 0.717) is 11.3 Å². The molecule has 37 heavy (non-hydrogen) atoms. The van der Waals surface area contributed by atoms with Gasteiger partial charge in [-0.1, -0.05) is 48.0 Å². The van der Waals surface area contributed by atoms with Crippen LogP contribution in [-0.4, -0.2) is 44.8 Å². The number of hydrogen-bond donors (Lipinski definition) is 1. The lowest BCUT2D eigenvalue weighted by atomic mass is 10.1. The van der Waals surface area contributed by atoms with Crippen molar-refractivity contribution in [1.82, 2.24) is 10.2 Å². The van der Waals surface area contributed by atoms with Gasteiger partial charge in [-0.2, -0.15) is 0 Å². The number of halogens is 1. The first-order valence-electron chi connectivity index (χ1n) is 11.9. The van der Waals surface area contributed by atoms with Gasteiger partial charge in [0.05, 0.1) is 10.6 Å². The molecule has 0 saturated heterocycles. The summed E-state index contributed by atoms with van der Waals surface area (Å²) in [5.41, 5.74) is 3.02. The Morgan fingerprint density at radius 3 is 2.22 bits per heavy atom. The Morgan fingerprint density at radius 2 is 1.59 bits per heavy atom. The normalized spacial score (nSPS) is 12.1. The zero-order valence-corrected chi connectivity index (χ0v) is 22.5. The van der Waals surface area contributed by atoms with E-state index in [1.54, 1.807) is 37.3 Å². The first-order chi connectivity index (χ1) is 17.5. The number of nitrogens with one attached hydrogen (secondary N) is 1. The zero-order valence-electron chi connectivity index (χ0n) is 21.7. The Morgan fingerprint density at radius 1 is 0.946 bits per heavy atom. The Balaban J connectivity index is 2.09. The van der Waals surface area contributed by atoms with Crippen LogP contribution in [0.15, 0.2) is 71.6 Å². The molecule has 0 aromatic heterocycles. The number of amides is 2. The molecule has 0 heterocycles. The van der Waals surface area contributed by atoms with Gasteiger partial charge in [0.2, 0.25) is 11.8 Å². The summed E-state index contributed by atoms with van der Waals surface area (Å²) in [5.74, 6) is -1.62. The van der Waals surface area contributed by atoms with E-state index in [-0.39, 0.29) is 17.0 Å². The molecule has 0 aliphatic rings. The van der Waals surface area contributed by atoms with Crippen LogP contribution < -0.4 is 9.62 Å². The molecule has 0 aliphatic carbocycles. The van der Waals surface area contributed by atoms with Gasteiger partial charge in [0, 0.05) is 19.2 Å². The van der Waals surface area contributed by atoms with Crippen molar-refractivity contribution in [3.05, 3.63) is 94.8 Å². The highest BCUT2D eigenvalue weighted by Crippen LogP contribution is 2.29. The minimum absolute atomic E-state index is 0.0341. The van der Waals surface area contributed by atoms with E-state index in [9.17, 15) is 22.4 Å². The fourth-order valence-electron chi connectivity index (χ4n) is 3.96. The van der Waals surface area contributed by atoms with Gasteiger partial charge in [0.1, 0.15) is 18.4 Å². The van der Waals surface area contributed by atoms with Crippen LogP contribution in [0.5, 0.6) is 0 Å². The standard InChI is InChI=1S/C28H32FN3O4S/c1-19-13-15-24(16-14-19)37(35,36)32(26-12-8-9-20(2)21(26)3)18-27(33)31(22(4)28(34)30-5)17-23-10-6-7-11-25(23)29/h6-16,22H,17-18H2,1-5H3,(H,30,34)/t22-/m1/s1. The molecule has 0 saturated carbocycles. The van der Waals surface area contributed by atoms with Crippen LogP contribution in [0, 0.1) is 26.6 Å². The topological polar surface area (TPSA) is 86.8 Å². The minimum atomic E-state index is -4.16. The molecule has 1 atom stereocenters. The second-order valence-corrected chi connectivity index (χ2v) is 10.8. The SMILES string of the molecule is CNC(=O)[C@@H](C)N(Cc1ccccc1F)C(=O)CN(c1cccc(C)c1C)S(=O)(=O)c1ccc(C)cc1. The van der Waals surface area contributed by atoms with E-state index >= 15 is 0 Å². The maximum Gasteiger partial charge on any atom is 0.264 e. The van der Waals surface area contributed by atoms with Gasteiger partial charge < -0.3 is 10.2 Å². The van der Waals surface area contributed by atoms with Crippen LogP contribution in [0.3, 0.4) is 0 Å². The lowest BCUT2D eigenvalue weighted by Crippen LogP contribution is -2.51. The average Bonchev–Trinajstić information content (AvgIpc) is 2.87. The Hall–Kier alpha value is -3.72. The molecule has 0 radical (unpaired) electrons. The lowest BCUT2D eigenvalue weighted by molar-refractivity contribution is -0.139. The molecule has 196 valence electrons. The van der Waals surface area contributed by atoms with Crippen LogP contribution in [-0.2, 0) is 26.2 Å². The van der Waals surface area contributed by atoms with Crippen molar-refractivity contribution in [3.8, 4) is 0 Å². The van der Waals surface area contributed by atoms with Crippen molar-refractivity contribution >= 4 is 27.5 Å². The van der Waals surface area contributed by atoms with Crippen LogP contribution in [0.1, 0.15) is 29.2 Å². The number of carbonyl (C=O) groups is 2. The van der Waals surface area contributed by atoms with E-state index in [0.717, 1.165) is 15.4 Å². The number of nitrogens with zero attached hydrogens (tertiary/aromatic N) is 2. The highest BCUT2D eigenvalue weighted by atomic mass is 32.2. The molecule has 0 bridgehead atoms. The predicted octanol–water partition coefficient (Wildman–Crippen LogP) is 4.11. The third kappa shape index (κ3) is 6.17. The summed E-state index contributed by atoms with van der Waals surface area (Å²) in [4.78, 5) is 27.5. The third-order valence-corrected chi connectivity index (χ3v) is 8.22. The number of aryl methyl sites for hydroxylation is 2. The monoisotopic (exact) mass is 525 g/mol. The Bertz CT molecular complexity index is 1390. The van der Waals surface area contributed by atoms with Gasteiger partial charge in [-0.15, -0.1) is 0 Å². The summed E-state index contributed by atoms with van der Waals surface area (Å²) in [7, 11) is -2.72. The van der Waals surface area contributed by atoms with Gasteiger partial charge in [-0.05, 0) is 63.1 Å². The Kier molecular flexibility index (Phi) is 8.70. The van der Waals surface area contributed by atoms with Gasteiger partial charge in [-0.25, -0.2) is 12.8 Å². The van der Waals surface area contributed by atoms with Crippen molar-refractivity contribution in [2.24, 2.45) is 0 Å². The van der Waals surface area contributed by atoms with E-state index in [1.807, 2.05) is 19.9 Å². The smallest absolute Gasteiger partial charge is 0.264 e. The number of anilines is 1. The van der Waals surface area contributed by atoms with E-state index < -0.39 is 40.2 Å². The molecule has 1 N–H and O–H groups in total. The van der Waals surface area contributed by atoms with Crippen molar-refractivity contribution in [3.63, 3.8) is 0 Å². The predicted molar refractivity (Wildman–Crippen MR) is 142 cm³/mol. The Labute approximate surface area is 218 Å². The van der Waals surface area contributed by atoms with Crippen LogP contribution in [0.2, 0.25) is 0 Å². The average molecular weight is 526 g/mol. The number of sulfonamides is 1. The minimum Gasteiger partial charge on any atom is -0.357 e. The highest BCUT2D eigenvalue weighted by Gasteiger charge is 2.33. The van der Waals surface area contributed by atoms with Crippen LogP contribution in [0.25, 0.3) is 0 Å². The zero-order chi connectivity index (χ0) is 27.3. The van der Waals surface area contributed by atoms with E-state index in [1.165, 1.54) is 49.2 Å². The summed E-state index contributed by atoms with van der Waals surface area (Å²) in [6.07, 6.45) is 0. The maximum atomic E-state index is 14.5. The number of rotatable bonds is 9. The molecule has 3 rings (SSSR count). The molecule has 0 fully saturated rings. The quantitative estimate of drug-likeness (QED) is 0.456. The molecule has 3 aromatic carbocycles. The fraction of sp³-hybridized carbons (Fsp3) is 0.286. The number of hydrogen-bond acceptors (Lipinski definition) is 4. The molecular formula is C28H32FN3O4S. The third-order valence-electron chi connectivity index (χ3n) is 6.44. The molecular weight excluding hydrogens is 493 g/mol. The second-order valence-electron chi connectivity index (χ2n) is 8.95. The summed E-state index contributed by atoms with van der Waals surface area (Å²) in [5, 5.41) is 2.51. The first-order valence-corrected chi connectivity index (χ1v) is 13.3. The molecule has 0 aliphatic heterocycles. The lowest BCUT2D eigenvalue weighted by Gasteiger charge is -2.32. The van der Waals surface area contributed by atoms with Crippen molar-refractivity contribution in [1.29, 1.82) is 0 Å². The maximum absolute atomic E-state index is 14.5. The molecule has 0 unspecified atom stereocenters. The number of likely N-dealkylation sites (N-methyl/N-ethyl adjacent to an activating group) is 1. The summed E-state index contributed by atoms with van der Waals surface area (Å²) in [6, 6.07) is 16.6. The summed E-state index contributed by atoms with van der Waals surface area (Å²) in [6.45, 7) is 6.24. The summed E-state index contributed by atoms with van der Waals surface area (Å²) >= 11 is 0. The van der Waals surface area contributed by atoms with Gasteiger partial charge in [0.25, 0.3) is 10.0 Å². The van der Waals surface area contributed by atoms with Gasteiger partial charge in [0.15, 0.2) is 0 Å².